The van der Waals surface area contributed by atoms with Crippen LogP contribution in [0, 0.1) is 6.92 Å². The zero-order chi connectivity index (χ0) is 10.9. The Bertz CT molecular complexity index is 329. The minimum Gasteiger partial charge on any atom is -0.396 e. The van der Waals surface area contributed by atoms with Crippen LogP contribution in [0.15, 0.2) is 6.20 Å². The maximum Gasteiger partial charge on any atom is 0.248 e. The largest absolute Gasteiger partial charge is 0.396 e. The first-order chi connectivity index (χ1) is 6.29. The van der Waals surface area contributed by atoms with Crippen LogP contribution >= 0.6 is 0 Å². The van der Waals surface area contributed by atoms with E-state index in [1.165, 1.54) is 10.9 Å². The van der Waals surface area contributed by atoms with Crippen molar-refractivity contribution < 1.29 is 4.79 Å². The minimum atomic E-state index is -0.522. The molecule has 0 amide bonds. The molecule has 1 rings (SSSR count). The van der Waals surface area contributed by atoms with Gasteiger partial charge in [-0.05, 0) is 20.8 Å². The van der Waals surface area contributed by atoms with E-state index >= 15 is 0 Å². The van der Waals surface area contributed by atoms with E-state index in [2.05, 4.69) is 5.10 Å². The second-order valence-corrected chi connectivity index (χ2v) is 4.17. The summed E-state index contributed by atoms with van der Waals surface area (Å²) in [5, 5.41) is 3.98. The van der Waals surface area contributed by atoms with Crippen LogP contribution in [0.5, 0.6) is 0 Å². The molecule has 0 saturated heterocycles. The molecule has 1 heterocycles. The molecule has 78 valence electrons. The van der Waals surface area contributed by atoms with Gasteiger partial charge in [0.2, 0.25) is 5.91 Å². The molecule has 0 bridgehead atoms. The molecular weight excluding hydrogens is 180 g/mol. The third kappa shape index (κ3) is 2.56. The van der Waals surface area contributed by atoms with Gasteiger partial charge in [0.1, 0.15) is 0 Å². The summed E-state index contributed by atoms with van der Waals surface area (Å²) in [6, 6.07) is 0. The molecule has 0 aliphatic heterocycles. The molecule has 0 aliphatic carbocycles. The van der Waals surface area contributed by atoms with Gasteiger partial charge in [-0.15, -0.1) is 0 Å². The average Bonchev–Trinajstić information content (AvgIpc) is 2.28. The molecule has 0 fully saturated rings. The molecular formula is C9H16N4O. The van der Waals surface area contributed by atoms with Crippen LogP contribution < -0.4 is 11.5 Å². The lowest BCUT2D eigenvalue weighted by molar-refractivity contribution is 0.0862. The Kier molecular flexibility index (Phi) is 2.62. The van der Waals surface area contributed by atoms with Crippen LogP contribution in [0.2, 0.25) is 0 Å². The Morgan fingerprint density at radius 3 is 2.57 bits per heavy atom. The lowest BCUT2D eigenvalue weighted by Crippen LogP contribution is -2.36. The zero-order valence-corrected chi connectivity index (χ0v) is 8.74. The van der Waals surface area contributed by atoms with E-state index in [9.17, 15) is 4.79 Å². The number of hydrogen-bond donors (Lipinski definition) is 2. The SMILES string of the molecule is Cc1nn(C(=O)CC(C)(C)N)cc1N. The summed E-state index contributed by atoms with van der Waals surface area (Å²) in [5.41, 5.74) is 12.0. The summed E-state index contributed by atoms with van der Waals surface area (Å²) >= 11 is 0. The van der Waals surface area contributed by atoms with Gasteiger partial charge >= 0.3 is 0 Å². The zero-order valence-electron chi connectivity index (χ0n) is 8.74. The number of nitrogens with zero attached hydrogens (tertiary/aromatic N) is 2. The van der Waals surface area contributed by atoms with Crippen LogP contribution in [-0.4, -0.2) is 21.2 Å². The fraction of sp³-hybridized carbons (Fsp3) is 0.556. The van der Waals surface area contributed by atoms with Crippen molar-refractivity contribution in [2.24, 2.45) is 5.73 Å². The normalized spacial score (nSPS) is 11.7. The van der Waals surface area contributed by atoms with Crippen LogP contribution in [-0.2, 0) is 0 Å². The maximum absolute atomic E-state index is 11.6. The Morgan fingerprint density at radius 1 is 1.64 bits per heavy atom. The van der Waals surface area contributed by atoms with E-state index in [4.69, 9.17) is 11.5 Å². The Balaban J connectivity index is 2.80. The number of aryl methyl sites for hydroxylation is 1. The molecule has 0 aliphatic rings. The highest BCUT2D eigenvalue weighted by atomic mass is 16.2. The van der Waals surface area contributed by atoms with Gasteiger partial charge in [0.05, 0.1) is 17.6 Å². The molecule has 4 N–H and O–H groups in total. The highest BCUT2D eigenvalue weighted by molar-refractivity contribution is 5.79. The molecule has 0 aromatic carbocycles. The van der Waals surface area contributed by atoms with Crippen LogP contribution in [0.25, 0.3) is 0 Å². The second kappa shape index (κ2) is 3.42. The second-order valence-electron chi connectivity index (χ2n) is 4.17. The Labute approximate surface area is 83.1 Å². The van der Waals surface area contributed by atoms with Crippen LogP contribution in [0.1, 0.15) is 30.8 Å². The smallest absolute Gasteiger partial charge is 0.248 e. The van der Waals surface area contributed by atoms with E-state index in [1.54, 1.807) is 20.8 Å². The highest BCUT2D eigenvalue weighted by Crippen LogP contribution is 2.10. The van der Waals surface area contributed by atoms with Crippen molar-refractivity contribution in [1.29, 1.82) is 0 Å². The number of nitrogens with two attached hydrogens (primary N) is 2. The molecule has 0 radical (unpaired) electrons. The molecule has 1 aromatic rings. The monoisotopic (exact) mass is 196 g/mol. The summed E-state index contributed by atoms with van der Waals surface area (Å²) in [4.78, 5) is 11.6. The molecule has 0 saturated carbocycles. The first kappa shape index (κ1) is 10.7. The predicted molar refractivity (Wildman–Crippen MR) is 54.9 cm³/mol. The van der Waals surface area contributed by atoms with Gasteiger partial charge in [0.15, 0.2) is 0 Å². The molecule has 5 nitrogen and oxygen atoms in total. The first-order valence-corrected chi connectivity index (χ1v) is 4.43. The summed E-state index contributed by atoms with van der Waals surface area (Å²) in [7, 11) is 0. The van der Waals surface area contributed by atoms with Crippen molar-refractivity contribution in [2.75, 3.05) is 5.73 Å². The number of anilines is 1. The van der Waals surface area contributed by atoms with E-state index in [1.807, 2.05) is 0 Å². The topological polar surface area (TPSA) is 86.9 Å². The highest BCUT2D eigenvalue weighted by Gasteiger charge is 2.18. The summed E-state index contributed by atoms with van der Waals surface area (Å²) in [6.45, 7) is 5.35. The third-order valence-corrected chi connectivity index (χ3v) is 1.80. The summed E-state index contributed by atoms with van der Waals surface area (Å²) in [5.74, 6) is -0.141. The molecule has 1 aromatic heterocycles. The van der Waals surface area contributed by atoms with E-state index < -0.39 is 5.54 Å². The standard InChI is InChI=1S/C9H16N4O/c1-6-7(10)5-13(12-6)8(14)4-9(2,3)11/h5H,4,10-11H2,1-3H3. The van der Waals surface area contributed by atoms with Crippen LogP contribution in [0.4, 0.5) is 5.69 Å². The van der Waals surface area contributed by atoms with E-state index in [-0.39, 0.29) is 12.3 Å². The number of carbonyl (C=O) groups is 1. The molecule has 14 heavy (non-hydrogen) atoms. The number of hydrogen-bond acceptors (Lipinski definition) is 4. The van der Waals surface area contributed by atoms with Crippen molar-refractivity contribution in [3.05, 3.63) is 11.9 Å². The molecule has 0 spiro atoms. The van der Waals surface area contributed by atoms with Gasteiger partial charge in [-0.3, -0.25) is 4.79 Å². The fourth-order valence-corrected chi connectivity index (χ4v) is 1.07. The van der Waals surface area contributed by atoms with Crippen molar-refractivity contribution >= 4 is 11.6 Å². The van der Waals surface area contributed by atoms with Gasteiger partial charge in [0, 0.05) is 12.0 Å². The lowest BCUT2D eigenvalue weighted by atomic mass is 10.0. The molecule has 0 atom stereocenters. The van der Waals surface area contributed by atoms with Gasteiger partial charge in [-0.2, -0.15) is 5.10 Å². The number of rotatable bonds is 2. The first-order valence-electron chi connectivity index (χ1n) is 4.43. The predicted octanol–water partition coefficient (Wildman–Crippen LogP) is 0.541. The number of aromatic nitrogens is 2. The third-order valence-electron chi connectivity index (χ3n) is 1.80. The molecule has 0 unspecified atom stereocenters. The maximum atomic E-state index is 11.6. The van der Waals surface area contributed by atoms with Gasteiger partial charge in [-0.1, -0.05) is 0 Å². The fourth-order valence-electron chi connectivity index (χ4n) is 1.07. The number of carbonyl (C=O) groups excluding carboxylic acids is 1. The van der Waals surface area contributed by atoms with Crippen LogP contribution in [0.3, 0.4) is 0 Å². The van der Waals surface area contributed by atoms with Gasteiger partial charge in [-0.25, -0.2) is 4.68 Å². The van der Waals surface area contributed by atoms with Crippen molar-refractivity contribution in [1.82, 2.24) is 9.78 Å². The lowest BCUT2D eigenvalue weighted by Gasteiger charge is -2.16. The quantitative estimate of drug-likeness (QED) is 0.722. The van der Waals surface area contributed by atoms with Crippen molar-refractivity contribution in [3.63, 3.8) is 0 Å². The van der Waals surface area contributed by atoms with E-state index in [0.717, 1.165) is 0 Å². The van der Waals surface area contributed by atoms with Gasteiger partial charge in [0.25, 0.3) is 0 Å². The van der Waals surface area contributed by atoms with Gasteiger partial charge < -0.3 is 11.5 Å². The summed E-state index contributed by atoms with van der Waals surface area (Å²) < 4.78 is 1.25. The van der Waals surface area contributed by atoms with Crippen molar-refractivity contribution in [2.45, 2.75) is 32.7 Å². The average molecular weight is 196 g/mol. The minimum absolute atomic E-state index is 0.141. The van der Waals surface area contributed by atoms with Crippen molar-refractivity contribution in [3.8, 4) is 0 Å². The summed E-state index contributed by atoms with van der Waals surface area (Å²) in [6.07, 6.45) is 1.76. The Hall–Kier alpha value is -1.36. The van der Waals surface area contributed by atoms with E-state index in [0.29, 0.717) is 11.4 Å². The number of nitrogen functional groups attached to an aromatic ring is 1. The molecule has 5 heteroatoms. The Morgan fingerprint density at radius 2 is 2.21 bits per heavy atom.